The Hall–Kier alpha value is -0.160. The molecular weight excluding hydrogens is 226 g/mol. The summed E-state index contributed by atoms with van der Waals surface area (Å²) in [7, 11) is 4.38. The second kappa shape index (κ2) is 5.45. The first-order valence-electron chi connectivity index (χ1n) is 7.20. The second-order valence-corrected chi connectivity index (χ2v) is 6.45. The van der Waals surface area contributed by atoms with E-state index < -0.39 is 0 Å². The first kappa shape index (κ1) is 14.3. The molecule has 2 saturated heterocycles. The molecule has 2 N–H and O–H groups in total. The summed E-state index contributed by atoms with van der Waals surface area (Å²) in [5.41, 5.74) is 6.33. The third-order valence-electron chi connectivity index (χ3n) is 5.18. The van der Waals surface area contributed by atoms with Crippen molar-refractivity contribution in [2.45, 2.75) is 31.8 Å². The molecule has 4 heteroatoms. The van der Waals surface area contributed by atoms with Crippen LogP contribution >= 0.6 is 0 Å². The highest BCUT2D eigenvalue weighted by molar-refractivity contribution is 5.03. The number of likely N-dealkylation sites (tertiary alicyclic amines) is 1. The van der Waals surface area contributed by atoms with Crippen molar-refractivity contribution >= 4 is 0 Å². The van der Waals surface area contributed by atoms with Crippen molar-refractivity contribution in [2.24, 2.45) is 17.6 Å². The zero-order chi connectivity index (χ0) is 13.3. The number of hydrogen-bond donors (Lipinski definition) is 1. The van der Waals surface area contributed by atoms with E-state index in [2.05, 4.69) is 37.7 Å². The summed E-state index contributed by atoms with van der Waals surface area (Å²) in [6.45, 7) is 9.44. The van der Waals surface area contributed by atoms with Crippen molar-refractivity contribution in [3.63, 3.8) is 0 Å². The van der Waals surface area contributed by atoms with E-state index in [1.54, 1.807) is 0 Å². The van der Waals surface area contributed by atoms with E-state index in [-0.39, 0.29) is 5.54 Å². The summed E-state index contributed by atoms with van der Waals surface area (Å²) >= 11 is 0. The standard InChI is InChI=1S/C14H29N3O/c1-11-7-17(8-13(11)16(3)4)14(10-15)5-6-18-9-12(14)2/h11-13H,5-10,15H2,1-4H3. The Morgan fingerprint density at radius 2 is 2.06 bits per heavy atom. The predicted octanol–water partition coefficient (Wildman–Crippen LogP) is 0.622. The van der Waals surface area contributed by atoms with Crippen molar-refractivity contribution < 1.29 is 4.74 Å². The molecule has 0 saturated carbocycles. The quantitative estimate of drug-likeness (QED) is 0.803. The van der Waals surface area contributed by atoms with Crippen LogP contribution in [0.2, 0.25) is 0 Å². The highest BCUT2D eigenvalue weighted by atomic mass is 16.5. The largest absolute Gasteiger partial charge is 0.381 e. The SMILES string of the molecule is CC1CN(C2(CN)CCOCC2C)CC1N(C)C. The van der Waals surface area contributed by atoms with Gasteiger partial charge < -0.3 is 15.4 Å². The van der Waals surface area contributed by atoms with Crippen LogP contribution in [0.25, 0.3) is 0 Å². The van der Waals surface area contributed by atoms with Gasteiger partial charge in [-0.1, -0.05) is 13.8 Å². The van der Waals surface area contributed by atoms with Gasteiger partial charge in [-0.25, -0.2) is 0 Å². The number of rotatable bonds is 3. The summed E-state index contributed by atoms with van der Waals surface area (Å²) in [6.07, 6.45) is 1.08. The monoisotopic (exact) mass is 255 g/mol. The molecule has 0 aromatic rings. The van der Waals surface area contributed by atoms with Gasteiger partial charge in [0.25, 0.3) is 0 Å². The minimum Gasteiger partial charge on any atom is -0.381 e. The average molecular weight is 255 g/mol. The number of ether oxygens (including phenoxy) is 1. The molecule has 2 rings (SSSR count). The summed E-state index contributed by atoms with van der Waals surface area (Å²) in [6, 6.07) is 0.656. The topological polar surface area (TPSA) is 41.7 Å². The van der Waals surface area contributed by atoms with Crippen LogP contribution in [0.5, 0.6) is 0 Å². The average Bonchev–Trinajstić information content (AvgIpc) is 2.73. The van der Waals surface area contributed by atoms with E-state index in [9.17, 15) is 0 Å². The highest BCUT2D eigenvalue weighted by Gasteiger charge is 2.47. The molecule has 18 heavy (non-hydrogen) atoms. The van der Waals surface area contributed by atoms with Crippen LogP contribution in [0.4, 0.5) is 0 Å². The molecule has 4 atom stereocenters. The normalized spacial score (nSPS) is 42.7. The third kappa shape index (κ3) is 2.31. The molecule has 0 spiro atoms. The molecule has 0 aliphatic carbocycles. The van der Waals surface area contributed by atoms with Gasteiger partial charge in [-0.15, -0.1) is 0 Å². The van der Waals surface area contributed by atoms with Crippen LogP contribution in [0, 0.1) is 11.8 Å². The van der Waals surface area contributed by atoms with Crippen LogP contribution in [0.1, 0.15) is 20.3 Å². The van der Waals surface area contributed by atoms with E-state index in [0.717, 1.165) is 38.6 Å². The number of nitrogens with zero attached hydrogens (tertiary/aromatic N) is 2. The molecule has 4 nitrogen and oxygen atoms in total. The maximum Gasteiger partial charge on any atom is 0.0509 e. The first-order valence-corrected chi connectivity index (χ1v) is 7.20. The smallest absolute Gasteiger partial charge is 0.0509 e. The van der Waals surface area contributed by atoms with Crippen molar-refractivity contribution in [3.05, 3.63) is 0 Å². The fourth-order valence-electron chi connectivity index (χ4n) is 3.80. The summed E-state index contributed by atoms with van der Waals surface area (Å²) in [5, 5.41) is 0. The molecule has 0 bridgehead atoms. The van der Waals surface area contributed by atoms with E-state index in [1.807, 2.05) is 0 Å². The van der Waals surface area contributed by atoms with Gasteiger partial charge in [0.1, 0.15) is 0 Å². The van der Waals surface area contributed by atoms with Crippen molar-refractivity contribution in [1.29, 1.82) is 0 Å². The number of nitrogens with two attached hydrogens (primary N) is 1. The summed E-state index contributed by atoms with van der Waals surface area (Å²) in [5.74, 6) is 1.25. The highest BCUT2D eigenvalue weighted by Crippen LogP contribution is 2.36. The Kier molecular flexibility index (Phi) is 4.32. The fraction of sp³-hybridized carbons (Fsp3) is 1.00. The maximum atomic E-state index is 6.16. The van der Waals surface area contributed by atoms with Gasteiger partial charge in [-0.2, -0.15) is 0 Å². The van der Waals surface area contributed by atoms with E-state index in [4.69, 9.17) is 10.5 Å². The van der Waals surface area contributed by atoms with Crippen LogP contribution in [0.15, 0.2) is 0 Å². The van der Waals surface area contributed by atoms with Crippen LogP contribution in [-0.4, -0.2) is 68.3 Å². The second-order valence-electron chi connectivity index (χ2n) is 6.45. The molecule has 0 aromatic carbocycles. The van der Waals surface area contributed by atoms with Crippen molar-refractivity contribution in [3.8, 4) is 0 Å². The maximum absolute atomic E-state index is 6.16. The lowest BCUT2D eigenvalue weighted by atomic mass is 9.79. The lowest BCUT2D eigenvalue weighted by Gasteiger charge is -2.48. The minimum atomic E-state index is 0.164. The van der Waals surface area contributed by atoms with E-state index in [0.29, 0.717) is 12.0 Å². The van der Waals surface area contributed by atoms with Crippen LogP contribution < -0.4 is 5.73 Å². The molecule has 2 aliphatic heterocycles. The molecule has 2 aliphatic rings. The molecule has 0 aromatic heterocycles. The third-order valence-corrected chi connectivity index (χ3v) is 5.18. The lowest BCUT2D eigenvalue weighted by Crippen LogP contribution is -2.61. The van der Waals surface area contributed by atoms with Crippen LogP contribution in [0.3, 0.4) is 0 Å². The Balaban J connectivity index is 2.14. The lowest BCUT2D eigenvalue weighted by molar-refractivity contribution is -0.0596. The van der Waals surface area contributed by atoms with Crippen molar-refractivity contribution in [2.75, 3.05) is 46.9 Å². The number of likely N-dealkylation sites (N-methyl/N-ethyl adjacent to an activating group) is 1. The molecular formula is C14H29N3O. The Bertz CT molecular complexity index is 284. The minimum absolute atomic E-state index is 0.164. The molecule has 2 fully saturated rings. The van der Waals surface area contributed by atoms with E-state index in [1.165, 1.54) is 6.54 Å². The van der Waals surface area contributed by atoms with Gasteiger partial charge in [0.05, 0.1) is 6.61 Å². The zero-order valence-corrected chi connectivity index (χ0v) is 12.4. The van der Waals surface area contributed by atoms with E-state index >= 15 is 0 Å². The van der Waals surface area contributed by atoms with Gasteiger partial charge in [-0.3, -0.25) is 4.90 Å². The molecule has 106 valence electrons. The number of hydrogen-bond acceptors (Lipinski definition) is 4. The summed E-state index contributed by atoms with van der Waals surface area (Å²) < 4.78 is 5.61. The molecule has 4 unspecified atom stereocenters. The van der Waals surface area contributed by atoms with Gasteiger partial charge in [0, 0.05) is 37.8 Å². The van der Waals surface area contributed by atoms with Crippen LogP contribution in [-0.2, 0) is 4.74 Å². The first-order chi connectivity index (χ1) is 8.51. The van der Waals surface area contributed by atoms with Gasteiger partial charge >= 0.3 is 0 Å². The predicted molar refractivity (Wildman–Crippen MR) is 74.6 cm³/mol. The Morgan fingerprint density at radius 3 is 2.56 bits per heavy atom. The molecule has 0 amide bonds. The summed E-state index contributed by atoms with van der Waals surface area (Å²) in [4.78, 5) is 5.01. The zero-order valence-electron chi connectivity index (χ0n) is 12.4. The van der Waals surface area contributed by atoms with Gasteiger partial charge in [0.2, 0.25) is 0 Å². The van der Waals surface area contributed by atoms with Crippen molar-refractivity contribution in [1.82, 2.24) is 9.80 Å². The van der Waals surface area contributed by atoms with Gasteiger partial charge in [0.15, 0.2) is 0 Å². The fourth-order valence-corrected chi connectivity index (χ4v) is 3.80. The Morgan fingerprint density at radius 1 is 1.33 bits per heavy atom. The Labute approximate surface area is 111 Å². The van der Waals surface area contributed by atoms with Gasteiger partial charge in [-0.05, 0) is 32.4 Å². The molecule has 0 radical (unpaired) electrons. The molecule has 2 heterocycles.